The number of rotatable bonds is 6. The van der Waals surface area contributed by atoms with E-state index < -0.39 is 0 Å². The van der Waals surface area contributed by atoms with E-state index in [0.29, 0.717) is 6.04 Å². The highest BCUT2D eigenvalue weighted by atomic mass is 79.9. The van der Waals surface area contributed by atoms with Crippen molar-refractivity contribution in [3.8, 4) is 0 Å². The molecular formula is C18H27BrClN. The van der Waals surface area contributed by atoms with Gasteiger partial charge in [0.15, 0.2) is 0 Å². The summed E-state index contributed by atoms with van der Waals surface area (Å²) in [6.45, 7) is 5.63. The van der Waals surface area contributed by atoms with Crippen molar-refractivity contribution in [1.82, 2.24) is 5.32 Å². The van der Waals surface area contributed by atoms with Crippen molar-refractivity contribution in [3.63, 3.8) is 0 Å². The fraction of sp³-hybridized carbons (Fsp3) is 0.667. The van der Waals surface area contributed by atoms with E-state index in [4.69, 9.17) is 11.6 Å². The summed E-state index contributed by atoms with van der Waals surface area (Å²) in [7, 11) is 0. The van der Waals surface area contributed by atoms with Crippen molar-refractivity contribution in [2.75, 3.05) is 6.54 Å². The average molecular weight is 373 g/mol. The third-order valence-electron chi connectivity index (χ3n) is 4.86. The number of hydrogen-bond acceptors (Lipinski definition) is 1. The van der Waals surface area contributed by atoms with Crippen LogP contribution in [0.2, 0.25) is 5.02 Å². The average Bonchev–Trinajstić information content (AvgIpc) is 2.51. The van der Waals surface area contributed by atoms with Crippen LogP contribution in [0.15, 0.2) is 22.7 Å². The Kier molecular flexibility index (Phi) is 7.04. The van der Waals surface area contributed by atoms with Gasteiger partial charge in [0.05, 0.1) is 5.02 Å². The third kappa shape index (κ3) is 4.71. The molecule has 0 saturated heterocycles. The van der Waals surface area contributed by atoms with Gasteiger partial charge in [0.25, 0.3) is 0 Å². The lowest BCUT2D eigenvalue weighted by Gasteiger charge is -2.34. The smallest absolute Gasteiger partial charge is 0.0551 e. The zero-order chi connectivity index (χ0) is 15.2. The maximum absolute atomic E-state index is 6.30. The number of nitrogens with one attached hydrogen (secondary N) is 1. The second-order valence-corrected chi connectivity index (χ2v) is 7.56. The molecule has 1 nitrogen and oxygen atoms in total. The maximum atomic E-state index is 6.30. The van der Waals surface area contributed by atoms with E-state index in [2.05, 4.69) is 53.3 Å². The summed E-state index contributed by atoms with van der Waals surface area (Å²) in [6.07, 6.45) is 7.96. The summed E-state index contributed by atoms with van der Waals surface area (Å²) in [5, 5.41) is 4.58. The van der Waals surface area contributed by atoms with Crippen LogP contribution in [0.1, 0.15) is 64.0 Å². The zero-order valence-corrected chi connectivity index (χ0v) is 15.5. The molecule has 0 spiro atoms. The van der Waals surface area contributed by atoms with E-state index in [1.807, 2.05) is 0 Å². The molecule has 1 N–H and O–H groups in total. The molecule has 1 atom stereocenters. The van der Waals surface area contributed by atoms with Crippen molar-refractivity contribution in [3.05, 3.63) is 33.3 Å². The maximum Gasteiger partial charge on any atom is 0.0551 e. The van der Waals surface area contributed by atoms with Crippen LogP contribution >= 0.6 is 27.5 Å². The van der Waals surface area contributed by atoms with E-state index in [9.17, 15) is 0 Å². The molecule has 1 aromatic rings. The Hall–Kier alpha value is -0.0500. The molecule has 1 aliphatic rings. The first-order chi connectivity index (χ1) is 10.2. The first kappa shape index (κ1) is 17.3. The lowest BCUT2D eigenvalue weighted by atomic mass is 9.76. The molecule has 21 heavy (non-hydrogen) atoms. The topological polar surface area (TPSA) is 12.0 Å². The lowest BCUT2D eigenvalue weighted by Crippen LogP contribution is -2.31. The molecule has 1 aromatic carbocycles. The highest BCUT2D eigenvalue weighted by Crippen LogP contribution is 2.39. The molecule has 0 amide bonds. The monoisotopic (exact) mass is 371 g/mol. The number of benzene rings is 1. The van der Waals surface area contributed by atoms with Gasteiger partial charge in [-0.1, -0.05) is 50.8 Å². The summed E-state index contributed by atoms with van der Waals surface area (Å²) >= 11 is 9.79. The van der Waals surface area contributed by atoms with E-state index in [1.165, 1.54) is 44.1 Å². The molecule has 0 heterocycles. The Morgan fingerprint density at radius 2 is 1.95 bits per heavy atom. The van der Waals surface area contributed by atoms with Gasteiger partial charge in [-0.15, -0.1) is 0 Å². The van der Waals surface area contributed by atoms with Crippen LogP contribution in [0.3, 0.4) is 0 Å². The zero-order valence-electron chi connectivity index (χ0n) is 13.2. The summed E-state index contributed by atoms with van der Waals surface area (Å²) in [4.78, 5) is 0. The molecule has 1 unspecified atom stereocenters. The van der Waals surface area contributed by atoms with Crippen LogP contribution < -0.4 is 5.32 Å². The van der Waals surface area contributed by atoms with Gasteiger partial charge in [-0.25, -0.2) is 0 Å². The van der Waals surface area contributed by atoms with Crippen LogP contribution in [-0.4, -0.2) is 6.54 Å². The Bertz CT molecular complexity index is 441. The van der Waals surface area contributed by atoms with Crippen molar-refractivity contribution in [2.45, 2.75) is 58.4 Å². The fourth-order valence-electron chi connectivity index (χ4n) is 3.49. The molecule has 118 valence electrons. The van der Waals surface area contributed by atoms with E-state index in [1.54, 1.807) is 0 Å². The van der Waals surface area contributed by atoms with E-state index in [-0.39, 0.29) is 0 Å². The van der Waals surface area contributed by atoms with Crippen LogP contribution in [0, 0.1) is 11.8 Å². The Labute approximate surface area is 143 Å². The second kappa shape index (κ2) is 8.55. The van der Waals surface area contributed by atoms with Crippen molar-refractivity contribution < 1.29 is 0 Å². The number of hydrogen-bond donors (Lipinski definition) is 1. The molecule has 0 radical (unpaired) electrons. The van der Waals surface area contributed by atoms with Gasteiger partial charge in [-0.2, -0.15) is 0 Å². The quantitative estimate of drug-likeness (QED) is 0.612. The standard InChI is InChI=1S/C18H27BrClN/c1-3-11-21-18(14-7-5-13(4-2)6-8-14)15-9-10-16(19)17(20)12-15/h9-10,12-14,18,21H,3-8,11H2,1-2H3. The van der Waals surface area contributed by atoms with Gasteiger partial charge in [-0.3, -0.25) is 0 Å². The molecule has 1 saturated carbocycles. The minimum absolute atomic E-state index is 0.452. The van der Waals surface area contributed by atoms with Crippen molar-refractivity contribution in [1.29, 1.82) is 0 Å². The van der Waals surface area contributed by atoms with Gasteiger partial charge in [-0.05, 0) is 71.3 Å². The van der Waals surface area contributed by atoms with E-state index in [0.717, 1.165) is 27.9 Å². The molecule has 1 fully saturated rings. The summed E-state index contributed by atoms with van der Waals surface area (Å²) in [5.41, 5.74) is 1.34. The predicted molar refractivity (Wildman–Crippen MR) is 95.9 cm³/mol. The molecular weight excluding hydrogens is 346 g/mol. The van der Waals surface area contributed by atoms with Gasteiger partial charge in [0, 0.05) is 10.5 Å². The Morgan fingerprint density at radius 1 is 1.24 bits per heavy atom. The Balaban J connectivity index is 2.12. The van der Waals surface area contributed by atoms with Gasteiger partial charge in [0.1, 0.15) is 0 Å². The minimum Gasteiger partial charge on any atom is -0.310 e. The highest BCUT2D eigenvalue weighted by molar-refractivity contribution is 9.10. The Morgan fingerprint density at radius 3 is 2.52 bits per heavy atom. The normalized spacial score (nSPS) is 24.0. The molecule has 1 aliphatic carbocycles. The molecule has 0 aromatic heterocycles. The molecule has 0 aliphatic heterocycles. The molecule has 3 heteroatoms. The van der Waals surface area contributed by atoms with E-state index >= 15 is 0 Å². The molecule has 0 bridgehead atoms. The lowest BCUT2D eigenvalue weighted by molar-refractivity contribution is 0.219. The molecule has 2 rings (SSSR count). The predicted octanol–water partition coefficient (Wildman–Crippen LogP) is 6.36. The first-order valence-electron chi connectivity index (χ1n) is 8.34. The van der Waals surface area contributed by atoms with Crippen LogP contribution in [-0.2, 0) is 0 Å². The highest BCUT2D eigenvalue weighted by Gasteiger charge is 2.27. The van der Waals surface area contributed by atoms with Crippen molar-refractivity contribution >= 4 is 27.5 Å². The van der Waals surface area contributed by atoms with Crippen LogP contribution in [0.4, 0.5) is 0 Å². The van der Waals surface area contributed by atoms with Gasteiger partial charge in [0.2, 0.25) is 0 Å². The van der Waals surface area contributed by atoms with Gasteiger partial charge >= 0.3 is 0 Å². The fourth-order valence-corrected chi connectivity index (χ4v) is 3.93. The minimum atomic E-state index is 0.452. The largest absolute Gasteiger partial charge is 0.310 e. The summed E-state index contributed by atoms with van der Waals surface area (Å²) < 4.78 is 0.983. The first-order valence-corrected chi connectivity index (χ1v) is 9.51. The third-order valence-corrected chi connectivity index (χ3v) is 6.09. The van der Waals surface area contributed by atoms with Crippen molar-refractivity contribution in [2.24, 2.45) is 11.8 Å². The summed E-state index contributed by atoms with van der Waals surface area (Å²) in [6, 6.07) is 6.88. The summed E-state index contributed by atoms with van der Waals surface area (Å²) in [5.74, 6) is 1.69. The van der Waals surface area contributed by atoms with Crippen LogP contribution in [0.25, 0.3) is 0 Å². The second-order valence-electron chi connectivity index (χ2n) is 6.29. The van der Waals surface area contributed by atoms with Crippen LogP contribution in [0.5, 0.6) is 0 Å². The SMILES string of the molecule is CCCNC(c1ccc(Br)c(Cl)c1)C1CCC(CC)CC1. The number of halogens is 2. The van der Waals surface area contributed by atoms with Gasteiger partial charge < -0.3 is 5.32 Å².